The summed E-state index contributed by atoms with van der Waals surface area (Å²) in [5.74, 6) is 1.16. The van der Waals surface area contributed by atoms with Gasteiger partial charge in [-0.25, -0.2) is 9.37 Å². The van der Waals surface area contributed by atoms with E-state index in [1.807, 2.05) is 0 Å². The molecule has 3 heterocycles. The molecule has 9 heteroatoms. The zero-order chi connectivity index (χ0) is 26.4. The van der Waals surface area contributed by atoms with Crippen LogP contribution in [0.4, 0.5) is 4.39 Å². The minimum Gasteiger partial charge on any atom is -0.506 e. The van der Waals surface area contributed by atoms with Crippen LogP contribution < -0.4 is 9.47 Å². The Morgan fingerprint density at radius 1 is 1.16 bits per heavy atom. The first kappa shape index (κ1) is 25.2. The quantitative estimate of drug-likeness (QED) is 0.287. The van der Waals surface area contributed by atoms with Crippen molar-refractivity contribution in [3.05, 3.63) is 40.8 Å². The predicted molar refractivity (Wildman–Crippen MR) is 147 cm³/mol. The molecule has 0 spiro atoms. The van der Waals surface area contributed by atoms with Crippen LogP contribution in [0.15, 0.2) is 24.4 Å². The van der Waals surface area contributed by atoms with Crippen molar-refractivity contribution < 1.29 is 19.0 Å². The zero-order valence-electron chi connectivity index (χ0n) is 21.7. The van der Waals surface area contributed by atoms with Crippen molar-refractivity contribution in [2.75, 3.05) is 26.8 Å². The Morgan fingerprint density at radius 3 is 2.79 bits per heavy atom. The molecule has 2 atom stereocenters. The molecule has 1 saturated heterocycles. The number of aromatic hydroxyl groups is 1. The maximum Gasteiger partial charge on any atom is 0.169 e. The maximum atomic E-state index is 16.2. The van der Waals surface area contributed by atoms with Crippen molar-refractivity contribution in [2.24, 2.45) is 5.92 Å². The van der Waals surface area contributed by atoms with Gasteiger partial charge in [-0.2, -0.15) is 5.10 Å². The van der Waals surface area contributed by atoms with E-state index in [4.69, 9.17) is 21.1 Å². The monoisotopic (exact) mass is 538 g/mol. The minimum atomic E-state index is -0.434. The van der Waals surface area contributed by atoms with E-state index in [0.717, 1.165) is 19.0 Å². The van der Waals surface area contributed by atoms with Crippen molar-refractivity contribution in [3.8, 4) is 28.5 Å². The summed E-state index contributed by atoms with van der Waals surface area (Å²) in [7, 11) is 1.57. The summed E-state index contributed by atoms with van der Waals surface area (Å²) >= 11 is 6.19. The third-order valence-corrected chi connectivity index (χ3v) is 8.63. The van der Waals surface area contributed by atoms with E-state index in [2.05, 4.69) is 20.1 Å². The number of hydrogen-bond acceptors (Lipinski definition) is 6. The zero-order valence-corrected chi connectivity index (χ0v) is 22.4. The van der Waals surface area contributed by atoms with Gasteiger partial charge in [0.05, 0.1) is 29.4 Å². The van der Waals surface area contributed by atoms with E-state index in [1.54, 1.807) is 32.4 Å². The number of nitrogens with one attached hydrogen (secondary N) is 1. The Hall–Kier alpha value is -3.10. The molecule has 0 amide bonds. The molecule has 0 bridgehead atoms. The lowest BCUT2D eigenvalue weighted by atomic mass is 9.78. The van der Waals surface area contributed by atoms with Crippen molar-refractivity contribution in [1.82, 2.24) is 20.1 Å². The number of pyridine rings is 1. The summed E-state index contributed by atoms with van der Waals surface area (Å²) in [5, 5.41) is 18.6. The smallest absolute Gasteiger partial charge is 0.169 e. The van der Waals surface area contributed by atoms with Crippen molar-refractivity contribution in [1.29, 1.82) is 0 Å². The summed E-state index contributed by atoms with van der Waals surface area (Å²) in [6.45, 7) is 4.05. The fourth-order valence-corrected chi connectivity index (χ4v) is 6.67. The Balaban J connectivity index is 1.41. The van der Waals surface area contributed by atoms with Crippen LogP contribution in [-0.4, -0.2) is 58.0 Å². The number of halogens is 2. The first-order valence-electron chi connectivity index (χ1n) is 13.4. The fourth-order valence-electron chi connectivity index (χ4n) is 6.49. The van der Waals surface area contributed by atoms with E-state index < -0.39 is 5.82 Å². The second-order valence-corrected chi connectivity index (χ2v) is 10.9. The van der Waals surface area contributed by atoms with Crippen molar-refractivity contribution in [3.63, 3.8) is 0 Å². The third kappa shape index (κ3) is 4.24. The molecular formula is C29H32ClFN4O3. The number of hydrogen-bond donors (Lipinski definition) is 2. The van der Waals surface area contributed by atoms with E-state index in [-0.39, 0.29) is 10.8 Å². The molecule has 200 valence electrons. The second kappa shape index (κ2) is 10.2. The summed E-state index contributed by atoms with van der Waals surface area (Å²) in [5.41, 5.74) is 1.79. The standard InChI is InChI=1S/C29H32ClFN4O3/c1-16-25(31)24-23(19-15-32-34-29(19)33-26(24)18-9-10-22(36)20(30)14-18)28(37-2)27(16)38-13-12-35-11-5-7-17-6-3-4-8-21(17)35/h9-10,14-15,17,21,36H,3-8,11-13H2,1-2H3,(H,32,33,34). The molecule has 0 radical (unpaired) electrons. The van der Waals surface area contributed by atoms with Gasteiger partial charge in [-0.05, 0) is 63.3 Å². The maximum absolute atomic E-state index is 16.2. The molecule has 38 heavy (non-hydrogen) atoms. The van der Waals surface area contributed by atoms with Crippen LogP contribution in [0.2, 0.25) is 5.02 Å². The Bertz CT molecular complexity index is 1500. The molecule has 2 aromatic heterocycles. The molecule has 6 rings (SSSR count). The number of rotatable bonds is 6. The lowest BCUT2D eigenvalue weighted by molar-refractivity contribution is 0.0498. The number of H-pyrrole nitrogens is 1. The number of likely N-dealkylation sites (tertiary alicyclic amines) is 1. The van der Waals surface area contributed by atoms with E-state index in [0.29, 0.717) is 62.8 Å². The number of aromatic amines is 1. The molecule has 2 aromatic carbocycles. The Kier molecular flexibility index (Phi) is 6.78. The van der Waals surface area contributed by atoms with Crippen molar-refractivity contribution >= 4 is 33.4 Å². The van der Waals surface area contributed by atoms with Crippen LogP contribution in [0.25, 0.3) is 33.1 Å². The summed E-state index contributed by atoms with van der Waals surface area (Å²) in [6, 6.07) is 5.34. The number of phenolic OH excluding ortho intramolecular Hbond substituents is 1. The van der Waals surface area contributed by atoms with Crippen LogP contribution in [0.3, 0.4) is 0 Å². The van der Waals surface area contributed by atoms with Gasteiger partial charge < -0.3 is 14.6 Å². The molecule has 1 aliphatic carbocycles. The molecule has 1 aliphatic heterocycles. The summed E-state index contributed by atoms with van der Waals surface area (Å²) in [6.07, 6.45) is 9.40. The largest absolute Gasteiger partial charge is 0.506 e. The lowest BCUT2D eigenvalue weighted by Gasteiger charge is -2.44. The van der Waals surface area contributed by atoms with E-state index in [9.17, 15) is 5.11 Å². The van der Waals surface area contributed by atoms with Gasteiger partial charge in [-0.3, -0.25) is 10.00 Å². The average molecular weight is 539 g/mol. The molecule has 4 aromatic rings. The first-order chi connectivity index (χ1) is 18.5. The Labute approximate surface area is 225 Å². The highest BCUT2D eigenvalue weighted by atomic mass is 35.5. The molecule has 2 fully saturated rings. The second-order valence-electron chi connectivity index (χ2n) is 10.4. The first-order valence-corrected chi connectivity index (χ1v) is 13.7. The molecule has 2 unspecified atom stereocenters. The van der Waals surface area contributed by atoms with Crippen LogP contribution in [0.5, 0.6) is 17.2 Å². The number of nitrogens with zero attached hydrogens (tertiary/aromatic N) is 3. The van der Waals surface area contributed by atoms with Crippen LogP contribution >= 0.6 is 11.6 Å². The number of ether oxygens (including phenoxy) is 2. The van der Waals surface area contributed by atoms with E-state index >= 15 is 4.39 Å². The normalized spacial score (nSPS) is 20.1. The highest BCUT2D eigenvalue weighted by Crippen LogP contribution is 2.47. The van der Waals surface area contributed by atoms with Gasteiger partial charge in [0, 0.05) is 34.5 Å². The number of piperidine rings is 1. The third-order valence-electron chi connectivity index (χ3n) is 8.33. The highest BCUT2D eigenvalue weighted by molar-refractivity contribution is 6.32. The van der Waals surface area contributed by atoms with Gasteiger partial charge in [-0.1, -0.05) is 24.4 Å². The summed E-state index contributed by atoms with van der Waals surface area (Å²) < 4.78 is 28.5. The molecule has 2 aliphatic rings. The molecule has 1 saturated carbocycles. The summed E-state index contributed by atoms with van der Waals surface area (Å²) in [4.78, 5) is 7.24. The predicted octanol–water partition coefficient (Wildman–Crippen LogP) is 6.63. The molecular weight excluding hydrogens is 507 g/mol. The van der Waals surface area contributed by atoms with Gasteiger partial charge in [-0.15, -0.1) is 0 Å². The highest BCUT2D eigenvalue weighted by Gasteiger charge is 2.33. The number of fused-ring (bicyclic) bond motifs is 4. The van der Waals surface area contributed by atoms with Gasteiger partial charge in [0.15, 0.2) is 17.1 Å². The molecule has 7 nitrogen and oxygen atoms in total. The number of methoxy groups -OCH3 is 1. The molecule has 2 N–H and O–H groups in total. The van der Waals surface area contributed by atoms with Crippen LogP contribution in [0.1, 0.15) is 44.1 Å². The van der Waals surface area contributed by atoms with Crippen LogP contribution in [-0.2, 0) is 0 Å². The van der Waals surface area contributed by atoms with Crippen LogP contribution in [0, 0.1) is 18.7 Å². The topological polar surface area (TPSA) is 83.5 Å². The van der Waals surface area contributed by atoms with Gasteiger partial charge in [0.2, 0.25) is 0 Å². The lowest BCUT2D eigenvalue weighted by Crippen LogP contribution is -2.48. The van der Waals surface area contributed by atoms with Gasteiger partial charge >= 0.3 is 0 Å². The number of benzene rings is 2. The number of phenols is 1. The van der Waals surface area contributed by atoms with Gasteiger partial charge in [0.25, 0.3) is 0 Å². The minimum absolute atomic E-state index is 0.0551. The SMILES string of the molecule is COc1c(OCCN2CCCC3CCCCC32)c(C)c(F)c2c(-c3ccc(O)c(Cl)c3)nc3[nH]ncc3c12. The fraction of sp³-hybridized carbons (Fsp3) is 0.448. The van der Waals surface area contributed by atoms with Gasteiger partial charge in [0.1, 0.15) is 18.2 Å². The Morgan fingerprint density at radius 2 is 1.97 bits per heavy atom. The van der Waals surface area contributed by atoms with Crippen molar-refractivity contribution in [2.45, 2.75) is 51.5 Å². The average Bonchev–Trinajstić information content (AvgIpc) is 3.41. The van der Waals surface area contributed by atoms with E-state index in [1.165, 1.54) is 44.6 Å². The number of aromatic nitrogens is 3.